The van der Waals surface area contributed by atoms with Crippen LogP contribution in [0.25, 0.3) is 0 Å². The molecule has 3 rings (SSSR count). The van der Waals surface area contributed by atoms with Crippen LogP contribution in [0, 0.1) is 5.92 Å². The highest BCUT2D eigenvalue weighted by Crippen LogP contribution is 2.19. The van der Waals surface area contributed by atoms with Crippen molar-refractivity contribution in [3.63, 3.8) is 0 Å². The third-order valence-electron chi connectivity index (χ3n) is 5.19. The third-order valence-corrected chi connectivity index (χ3v) is 5.19. The molecule has 0 radical (unpaired) electrons. The average molecular weight is 402 g/mol. The summed E-state index contributed by atoms with van der Waals surface area (Å²) in [7, 11) is 0. The Morgan fingerprint density at radius 1 is 1.00 bits per heavy atom. The van der Waals surface area contributed by atoms with E-state index in [4.69, 9.17) is 5.73 Å². The van der Waals surface area contributed by atoms with Crippen LogP contribution in [0.4, 0.5) is 5.69 Å². The Morgan fingerprint density at radius 2 is 1.64 bits per heavy atom. The molecule has 6 heteroatoms. The van der Waals surface area contributed by atoms with Gasteiger partial charge in [-0.3, -0.25) is 9.59 Å². The molecule has 0 saturated carbocycles. The highest BCUT2D eigenvalue weighted by molar-refractivity contribution is 5.85. The van der Waals surface area contributed by atoms with Crippen molar-refractivity contribution in [1.82, 2.24) is 10.2 Å². The van der Waals surface area contributed by atoms with Gasteiger partial charge in [0.15, 0.2) is 0 Å². The van der Waals surface area contributed by atoms with Gasteiger partial charge in [-0.25, -0.2) is 0 Å². The predicted octanol–water partition coefficient (Wildman–Crippen LogP) is 3.18. The molecule has 1 aliphatic heterocycles. The summed E-state index contributed by atoms with van der Waals surface area (Å²) in [6, 6.07) is 17.6. The molecule has 150 valence electrons. The number of rotatable bonds is 6. The fourth-order valence-corrected chi connectivity index (χ4v) is 3.48. The summed E-state index contributed by atoms with van der Waals surface area (Å²) in [6.45, 7) is 1.84. The molecule has 0 aliphatic carbocycles. The number of carbonyl (C=O) groups is 2. The van der Waals surface area contributed by atoms with Gasteiger partial charge in [0.1, 0.15) is 0 Å². The van der Waals surface area contributed by atoms with Crippen LogP contribution in [0.2, 0.25) is 0 Å². The number of halogens is 1. The summed E-state index contributed by atoms with van der Waals surface area (Å²) in [4.78, 5) is 26.7. The number of piperidine rings is 1. The first-order chi connectivity index (χ1) is 13.1. The number of nitrogen functional groups attached to an aromatic ring is 1. The van der Waals surface area contributed by atoms with Crippen LogP contribution in [0.1, 0.15) is 30.4 Å². The molecule has 1 saturated heterocycles. The average Bonchev–Trinajstić information content (AvgIpc) is 2.72. The summed E-state index contributed by atoms with van der Waals surface area (Å²) in [5.74, 6) is 0.215. The molecule has 3 N–H and O–H groups in total. The topological polar surface area (TPSA) is 75.4 Å². The number of nitrogens with two attached hydrogens (primary N) is 1. The summed E-state index contributed by atoms with van der Waals surface area (Å²) in [5.41, 5.74) is 8.78. The lowest BCUT2D eigenvalue weighted by molar-refractivity contribution is -0.135. The predicted molar refractivity (Wildman–Crippen MR) is 114 cm³/mol. The zero-order valence-electron chi connectivity index (χ0n) is 16.0. The highest BCUT2D eigenvalue weighted by atomic mass is 35.5. The van der Waals surface area contributed by atoms with Crippen molar-refractivity contribution < 1.29 is 9.59 Å². The maximum atomic E-state index is 12.5. The first-order valence-corrected chi connectivity index (χ1v) is 9.56. The molecule has 0 aromatic heterocycles. The molecule has 1 fully saturated rings. The number of anilines is 1. The molecule has 0 atom stereocenters. The fraction of sp³-hybridized carbons (Fsp3) is 0.364. The smallest absolute Gasteiger partial charge is 0.223 e. The van der Waals surface area contributed by atoms with Gasteiger partial charge < -0.3 is 16.0 Å². The van der Waals surface area contributed by atoms with E-state index in [-0.39, 0.29) is 30.1 Å². The van der Waals surface area contributed by atoms with Gasteiger partial charge in [-0.1, -0.05) is 48.5 Å². The normalized spacial score (nSPS) is 14.2. The van der Waals surface area contributed by atoms with Crippen LogP contribution in [0.5, 0.6) is 0 Å². The standard InChI is InChI=1S/C22H27N3O2.ClH/c23-20-9-5-4-8-18(20)10-11-21(26)25-14-12-19(13-15-25)22(27)24-16-17-6-2-1-3-7-17;/h1-9,19H,10-16,23H2,(H,24,27);1H. The Bertz CT molecular complexity index is 774. The highest BCUT2D eigenvalue weighted by Gasteiger charge is 2.27. The lowest BCUT2D eigenvalue weighted by Gasteiger charge is -2.31. The molecule has 2 aromatic carbocycles. The number of benzene rings is 2. The maximum Gasteiger partial charge on any atom is 0.223 e. The van der Waals surface area contributed by atoms with Gasteiger partial charge in [-0.05, 0) is 36.5 Å². The second kappa shape index (κ2) is 10.7. The minimum Gasteiger partial charge on any atom is -0.399 e. The SMILES string of the molecule is Cl.Nc1ccccc1CCC(=O)N1CCC(C(=O)NCc2ccccc2)CC1. The minimum atomic E-state index is -0.0115. The second-order valence-electron chi connectivity index (χ2n) is 7.06. The number of aryl methyl sites for hydroxylation is 1. The number of hydrogen-bond donors (Lipinski definition) is 2. The van der Waals surface area contributed by atoms with Crippen molar-refractivity contribution in [2.24, 2.45) is 5.92 Å². The Kier molecular flexibility index (Phi) is 8.33. The molecule has 0 bridgehead atoms. The largest absolute Gasteiger partial charge is 0.399 e. The van der Waals surface area contributed by atoms with Gasteiger partial charge in [0.05, 0.1) is 0 Å². The van der Waals surface area contributed by atoms with Crippen molar-refractivity contribution in [3.8, 4) is 0 Å². The molecule has 1 aliphatic rings. The molecule has 5 nitrogen and oxygen atoms in total. The monoisotopic (exact) mass is 401 g/mol. The molecule has 2 aromatic rings. The zero-order chi connectivity index (χ0) is 19.1. The van der Waals surface area contributed by atoms with Gasteiger partial charge in [0, 0.05) is 37.7 Å². The van der Waals surface area contributed by atoms with Crippen molar-refractivity contribution in [3.05, 3.63) is 65.7 Å². The van der Waals surface area contributed by atoms with E-state index in [1.807, 2.05) is 59.5 Å². The van der Waals surface area contributed by atoms with Gasteiger partial charge in [0.2, 0.25) is 11.8 Å². The Hall–Kier alpha value is -2.53. The Morgan fingerprint density at radius 3 is 2.32 bits per heavy atom. The van der Waals surface area contributed by atoms with E-state index >= 15 is 0 Å². The van der Waals surface area contributed by atoms with Crippen LogP contribution >= 0.6 is 12.4 Å². The molecular formula is C22H28ClN3O2. The van der Waals surface area contributed by atoms with E-state index < -0.39 is 0 Å². The first kappa shape index (κ1) is 21.8. The summed E-state index contributed by atoms with van der Waals surface area (Å²) in [6.07, 6.45) is 2.56. The van der Waals surface area contributed by atoms with E-state index in [1.54, 1.807) is 0 Å². The van der Waals surface area contributed by atoms with Gasteiger partial charge in [-0.2, -0.15) is 0 Å². The van der Waals surface area contributed by atoms with Crippen molar-refractivity contribution in [2.45, 2.75) is 32.2 Å². The number of nitrogens with one attached hydrogen (secondary N) is 1. The van der Waals surface area contributed by atoms with Gasteiger partial charge in [-0.15, -0.1) is 12.4 Å². The molecule has 28 heavy (non-hydrogen) atoms. The molecule has 1 heterocycles. The Labute approximate surface area is 172 Å². The number of hydrogen-bond acceptors (Lipinski definition) is 3. The number of likely N-dealkylation sites (tertiary alicyclic amines) is 1. The quantitative estimate of drug-likeness (QED) is 0.730. The Balaban J connectivity index is 0.00000280. The van der Waals surface area contributed by atoms with E-state index in [0.717, 1.165) is 29.7 Å². The fourth-order valence-electron chi connectivity index (χ4n) is 3.48. The van der Waals surface area contributed by atoms with E-state index in [0.29, 0.717) is 32.5 Å². The molecule has 0 unspecified atom stereocenters. The lowest BCUT2D eigenvalue weighted by atomic mass is 9.95. The molecule has 0 spiro atoms. The molecular weight excluding hydrogens is 374 g/mol. The number of para-hydroxylation sites is 1. The van der Waals surface area contributed by atoms with Crippen molar-refractivity contribution >= 4 is 29.9 Å². The number of amides is 2. The van der Waals surface area contributed by atoms with Crippen LogP contribution in [-0.4, -0.2) is 29.8 Å². The molecule has 2 amide bonds. The number of nitrogens with zero attached hydrogens (tertiary/aromatic N) is 1. The first-order valence-electron chi connectivity index (χ1n) is 9.56. The minimum absolute atomic E-state index is 0. The number of carbonyl (C=O) groups excluding carboxylic acids is 2. The third kappa shape index (κ3) is 5.99. The van der Waals surface area contributed by atoms with Gasteiger partial charge in [0.25, 0.3) is 0 Å². The summed E-state index contributed by atoms with van der Waals surface area (Å²) in [5, 5.41) is 3.01. The maximum absolute atomic E-state index is 12.5. The van der Waals surface area contributed by atoms with E-state index in [2.05, 4.69) is 5.32 Å². The van der Waals surface area contributed by atoms with Crippen molar-refractivity contribution in [1.29, 1.82) is 0 Å². The van der Waals surface area contributed by atoms with Crippen LogP contribution in [-0.2, 0) is 22.6 Å². The van der Waals surface area contributed by atoms with Crippen molar-refractivity contribution in [2.75, 3.05) is 18.8 Å². The summed E-state index contributed by atoms with van der Waals surface area (Å²) >= 11 is 0. The van der Waals surface area contributed by atoms with Gasteiger partial charge >= 0.3 is 0 Å². The van der Waals surface area contributed by atoms with Crippen LogP contribution in [0.15, 0.2) is 54.6 Å². The second-order valence-corrected chi connectivity index (χ2v) is 7.06. The van der Waals surface area contributed by atoms with E-state index in [1.165, 1.54) is 0 Å². The van der Waals surface area contributed by atoms with E-state index in [9.17, 15) is 9.59 Å². The van der Waals surface area contributed by atoms with Crippen LogP contribution in [0.3, 0.4) is 0 Å². The lowest BCUT2D eigenvalue weighted by Crippen LogP contribution is -2.43. The zero-order valence-corrected chi connectivity index (χ0v) is 16.8. The van der Waals surface area contributed by atoms with Crippen LogP contribution < -0.4 is 11.1 Å². The summed E-state index contributed by atoms with van der Waals surface area (Å²) < 4.78 is 0.